The molecule has 0 fully saturated rings. The molecule has 0 bridgehead atoms. The van der Waals surface area contributed by atoms with Crippen molar-refractivity contribution in [3.8, 4) is 11.5 Å². The maximum atomic E-state index is 13.3. The third-order valence-corrected chi connectivity index (χ3v) is 6.77. The van der Waals surface area contributed by atoms with Crippen molar-refractivity contribution < 1.29 is 22.7 Å². The van der Waals surface area contributed by atoms with E-state index in [9.17, 15) is 13.2 Å². The Morgan fingerprint density at radius 3 is 2.25 bits per heavy atom. The monoisotopic (exact) mass is 474 g/mol. The van der Waals surface area contributed by atoms with E-state index in [-0.39, 0.29) is 22.2 Å². The van der Waals surface area contributed by atoms with E-state index in [1.807, 2.05) is 0 Å². The third-order valence-electron chi connectivity index (χ3n) is 4.68. The second-order valence-electron chi connectivity index (χ2n) is 6.74. The average molecular weight is 475 g/mol. The molecule has 0 aliphatic heterocycles. The zero-order valence-electron chi connectivity index (χ0n) is 17.6. The number of para-hydroxylation sites is 1. The number of ether oxygens (including phenoxy) is 2. The lowest BCUT2D eigenvalue weighted by molar-refractivity contribution is -0.119. The molecule has 0 aromatic heterocycles. The summed E-state index contributed by atoms with van der Waals surface area (Å²) in [5, 5.41) is 2.97. The van der Waals surface area contributed by atoms with Crippen molar-refractivity contribution in [3.63, 3.8) is 0 Å². The number of nitrogens with zero attached hydrogens (tertiary/aromatic N) is 1. The first-order valence-corrected chi connectivity index (χ1v) is 11.5. The number of sulfonamides is 1. The molecule has 0 saturated carbocycles. The van der Waals surface area contributed by atoms with Crippen molar-refractivity contribution in [1.29, 1.82) is 0 Å². The van der Waals surface area contributed by atoms with E-state index in [4.69, 9.17) is 21.1 Å². The van der Waals surface area contributed by atoms with Crippen molar-refractivity contribution in [3.05, 3.63) is 83.4 Å². The van der Waals surface area contributed by atoms with Crippen LogP contribution in [0.2, 0.25) is 5.02 Å². The van der Waals surface area contributed by atoms with Crippen LogP contribution >= 0.6 is 11.6 Å². The number of anilines is 1. The molecule has 7 nitrogen and oxygen atoms in total. The molecule has 0 aliphatic rings. The SMILES string of the molecule is COc1ccc(CNC(=O)CN(c2ccccc2Cl)S(=O)(=O)c2ccccc2)cc1OC. The van der Waals surface area contributed by atoms with Crippen LogP contribution in [0.15, 0.2) is 77.7 Å². The first-order valence-electron chi connectivity index (χ1n) is 9.66. The lowest BCUT2D eigenvalue weighted by atomic mass is 10.2. The normalized spacial score (nSPS) is 11.0. The van der Waals surface area contributed by atoms with Crippen molar-refractivity contribution >= 4 is 33.2 Å². The topological polar surface area (TPSA) is 84.9 Å². The van der Waals surface area contributed by atoms with Gasteiger partial charge in [-0.05, 0) is 42.0 Å². The van der Waals surface area contributed by atoms with Crippen molar-refractivity contribution in [2.24, 2.45) is 0 Å². The molecule has 0 saturated heterocycles. The van der Waals surface area contributed by atoms with E-state index in [0.717, 1.165) is 9.87 Å². The molecule has 3 rings (SSSR count). The highest BCUT2D eigenvalue weighted by Gasteiger charge is 2.28. The minimum Gasteiger partial charge on any atom is -0.493 e. The van der Waals surface area contributed by atoms with Gasteiger partial charge < -0.3 is 14.8 Å². The molecule has 32 heavy (non-hydrogen) atoms. The van der Waals surface area contributed by atoms with Gasteiger partial charge in [-0.2, -0.15) is 0 Å². The quantitative estimate of drug-likeness (QED) is 0.509. The summed E-state index contributed by atoms with van der Waals surface area (Å²) in [5.41, 5.74) is 0.991. The Morgan fingerprint density at radius 1 is 0.938 bits per heavy atom. The fraction of sp³-hybridized carbons (Fsp3) is 0.174. The van der Waals surface area contributed by atoms with Crippen LogP contribution in [0.5, 0.6) is 11.5 Å². The van der Waals surface area contributed by atoms with Gasteiger partial charge in [-0.25, -0.2) is 8.42 Å². The smallest absolute Gasteiger partial charge is 0.264 e. The zero-order valence-corrected chi connectivity index (χ0v) is 19.2. The molecular formula is C23H23ClN2O5S. The summed E-state index contributed by atoms with van der Waals surface area (Å²) >= 11 is 6.27. The van der Waals surface area contributed by atoms with E-state index >= 15 is 0 Å². The molecule has 1 amide bonds. The second kappa shape index (κ2) is 10.4. The van der Waals surface area contributed by atoms with Crippen molar-refractivity contribution in [2.45, 2.75) is 11.4 Å². The van der Waals surface area contributed by atoms with Crippen LogP contribution in [-0.4, -0.2) is 35.1 Å². The highest BCUT2D eigenvalue weighted by molar-refractivity contribution is 7.92. The van der Waals surface area contributed by atoms with E-state index in [2.05, 4.69) is 5.32 Å². The lowest BCUT2D eigenvalue weighted by Crippen LogP contribution is -2.40. The van der Waals surface area contributed by atoms with Gasteiger partial charge in [0.25, 0.3) is 10.0 Å². The standard InChI is InChI=1S/C23H23ClN2O5S/c1-30-21-13-12-17(14-22(21)31-2)15-25-23(27)16-26(20-11-7-6-10-19(20)24)32(28,29)18-8-4-3-5-9-18/h3-14H,15-16H2,1-2H3,(H,25,27). The van der Waals surface area contributed by atoms with Crippen LogP contribution in [-0.2, 0) is 21.4 Å². The number of carbonyl (C=O) groups is 1. The van der Waals surface area contributed by atoms with Gasteiger partial charge in [0.15, 0.2) is 11.5 Å². The summed E-state index contributed by atoms with van der Waals surface area (Å²) in [6, 6.07) is 19.7. The van der Waals surface area contributed by atoms with Gasteiger partial charge in [0.1, 0.15) is 6.54 Å². The fourth-order valence-electron chi connectivity index (χ4n) is 3.05. The van der Waals surface area contributed by atoms with Gasteiger partial charge in [-0.1, -0.05) is 48.0 Å². The van der Waals surface area contributed by atoms with Gasteiger partial charge in [0.2, 0.25) is 5.91 Å². The van der Waals surface area contributed by atoms with E-state index in [1.165, 1.54) is 26.4 Å². The van der Waals surface area contributed by atoms with Crippen LogP contribution in [0.4, 0.5) is 5.69 Å². The van der Waals surface area contributed by atoms with Gasteiger partial charge in [-0.3, -0.25) is 9.10 Å². The molecule has 0 spiro atoms. The van der Waals surface area contributed by atoms with Gasteiger partial charge in [0.05, 0.1) is 29.8 Å². The van der Waals surface area contributed by atoms with Gasteiger partial charge >= 0.3 is 0 Å². The highest BCUT2D eigenvalue weighted by atomic mass is 35.5. The maximum Gasteiger partial charge on any atom is 0.264 e. The van der Waals surface area contributed by atoms with Crippen LogP contribution in [0, 0.1) is 0 Å². The number of nitrogens with one attached hydrogen (secondary N) is 1. The fourth-order valence-corrected chi connectivity index (χ4v) is 4.80. The summed E-state index contributed by atoms with van der Waals surface area (Å²) in [5.74, 6) is 0.615. The van der Waals surface area contributed by atoms with E-state index in [0.29, 0.717) is 11.5 Å². The average Bonchev–Trinajstić information content (AvgIpc) is 2.82. The summed E-state index contributed by atoms with van der Waals surface area (Å²) < 4.78 is 38.1. The Bertz CT molecular complexity index is 1190. The number of carbonyl (C=O) groups excluding carboxylic acids is 1. The van der Waals surface area contributed by atoms with Gasteiger partial charge in [-0.15, -0.1) is 0 Å². The first kappa shape index (κ1) is 23.4. The minimum absolute atomic E-state index is 0.0626. The summed E-state index contributed by atoms with van der Waals surface area (Å²) in [6.07, 6.45) is 0. The molecule has 3 aromatic carbocycles. The van der Waals surface area contributed by atoms with Crippen molar-refractivity contribution in [1.82, 2.24) is 5.32 Å². The Morgan fingerprint density at radius 2 is 1.59 bits per heavy atom. The Hall–Kier alpha value is -3.23. The molecule has 1 N–H and O–H groups in total. The maximum absolute atomic E-state index is 13.3. The number of rotatable bonds is 9. The predicted octanol–water partition coefficient (Wildman–Crippen LogP) is 3.87. The summed E-state index contributed by atoms with van der Waals surface area (Å²) in [4.78, 5) is 12.8. The largest absolute Gasteiger partial charge is 0.493 e. The predicted molar refractivity (Wildman–Crippen MR) is 124 cm³/mol. The molecule has 0 unspecified atom stereocenters. The molecule has 0 atom stereocenters. The number of methoxy groups -OCH3 is 2. The number of hydrogen-bond acceptors (Lipinski definition) is 5. The van der Waals surface area contributed by atoms with Crippen molar-refractivity contribution in [2.75, 3.05) is 25.1 Å². The minimum atomic E-state index is -4.02. The van der Waals surface area contributed by atoms with Crippen LogP contribution in [0.1, 0.15) is 5.56 Å². The zero-order chi connectivity index (χ0) is 23.1. The molecule has 3 aromatic rings. The van der Waals surface area contributed by atoms with Gasteiger partial charge in [0, 0.05) is 6.54 Å². The summed E-state index contributed by atoms with van der Waals surface area (Å²) in [6.45, 7) is -0.255. The van der Waals surface area contributed by atoms with E-state index < -0.39 is 22.5 Å². The number of benzene rings is 3. The molecular weight excluding hydrogens is 452 g/mol. The number of hydrogen-bond donors (Lipinski definition) is 1. The summed E-state index contributed by atoms with van der Waals surface area (Å²) in [7, 11) is -0.961. The number of halogens is 1. The third kappa shape index (κ3) is 5.33. The molecule has 0 radical (unpaired) electrons. The number of amides is 1. The molecule has 168 valence electrons. The highest BCUT2D eigenvalue weighted by Crippen LogP contribution is 2.30. The Labute approximate surface area is 192 Å². The van der Waals surface area contributed by atoms with E-state index in [1.54, 1.807) is 60.7 Å². The first-order chi connectivity index (χ1) is 15.4. The Kier molecular flexibility index (Phi) is 7.61. The molecule has 0 aliphatic carbocycles. The van der Waals surface area contributed by atoms with Crippen LogP contribution in [0.3, 0.4) is 0 Å². The lowest BCUT2D eigenvalue weighted by Gasteiger charge is -2.25. The molecule has 0 heterocycles. The van der Waals surface area contributed by atoms with Crippen LogP contribution in [0.25, 0.3) is 0 Å². The second-order valence-corrected chi connectivity index (χ2v) is 9.01. The van der Waals surface area contributed by atoms with Crippen LogP contribution < -0.4 is 19.1 Å². The molecule has 9 heteroatoms. The Balaban J connectivity index is 1.83.